The maximum absolute atomic E-state index is 2.51. The van der Waals surface area contributed by atoms with Crippen LogP contribution >= 0.6 is 0 Å². The number of nitrogens with zero attached hydrogens (tertiary/aromatic N) is 1. The molecule has 1 unspecified atom stereocenters. The molecule has 0 spiro atoms. The Kier molecular flexibility index (Phi) is 18.2. The topological polar surface area (TPSA) is 3.88 Å². The second kappa shape index (κ2) is 21.3. The van der Waals surface area contributed by atoms with Gasteiger partial charge in [0, 0.05) is 23.6 Å². The van der Waals surface area contributed by atoms with Crippen LogP contribution in [0, 0.1) is 0 Å². The first-order valence-electron chi connectivity index (χ1n) is 16.4. The first-order valence-corrected chi connectivity index (χ1v) is 16.4. The van der Waals surface area contributed by atoms with Crippen LogP contribution in [0.3, 0.4) is 0 Å². The highest BCUT2D eigenvalue weighted by Gasteiger charge is 2.20. The molecule has 0 N–H and O–H groups in total. The predicted molar refractivity (Wildman–Crippen MR) is 163 cm³/mol. The van der Waals surface area contributed by atoms with Gasteiger partial charge in [0.25, 0.3) is 0 Å². The van der Waals surface area contributed by atoms with Crippen molar-refractivity contribution in [1.82, 2.24) is 0 Å². The molecule has 0 saturated heterocycles. The Morgan fingerprint density at radius 3 is 1.46 bits per heavy atom. The van der Waals surface area contributed by atoms with Crippen molar-refractivity contribution < 1.29 is 4.57 Å². The van der Waals surface area contributed by atoms with Gasteiger partial charge in [-0.3, -0.25) is 0 Å². The highest BCUT2D eigenvalue weighted by Crippen LogP contribution is 2.20. The Morgan fingerprint density at radius 2 is 0.973 bits per heavy atom. The monoisotopic (exact) mass is 506 g/mol. The van der Waals surface area contributed by atoms with Crippen molar-refractivity contribution in [2.24, 2.45) is 0 Å². The van der Waals surface area contributed by atoms with Crippen LogP contribution in [0.5, 0.6) is 0 Å². The van der Waals surface area contributed by atoms with Crippen LogP contribution in [-0.4, -0.2) is 0 Å². The predicted octanol–water partition coefficient (Wildman–Crippen LogP) is 11.1. The number of rotatable bonds is 23. The minimum absolute atomic E-state index is 0.435. The normalized spacial score (nSPS) is 12.2. The molecule has 1 nitrogen and oxygen atoms in total. The standard InChI is InChI=1S/C36H60N/c1-4-7-9-11-13-15-17-19-22-26-33-30-31-37(36(6-3)34-27-24-21-25-28-34)32-35(33)29-23-20-18-16-14-12-10-8-5-2/h21,24-25,27-28,30-32,36H,4-20,22-23,26,29H2,1-3H3/q+1. The highest BCUT2D eigenvalue weighted by molar-refractivity contribution is 5.23. The number of hydrogen-bond donors (Lipinski definition) is 0. The van der Waals surface area contributed by atoms with E-state index in [4.69, 9.17) is 0 Å². The fraction of sp³-hybridized carbons (Fsp3) is 0.694. The summed E-state index contributed by atoms with van der Waals surface area (Å²) >= 11 is 0. The molecule has 0 aliphatic heterocycles. The molecule has 1 aromatic carbocycles. The Bertz CT molecular complexity index is 781. The summed E-state index contributed by atoms with van der Waals surface area (Å²) in [5, 5.41) is 0. The number of unbranched alkanes of at least 4 members (excludes halogenated alkanes) is 16. The lowest BCUT2D eigenvalue weighted by Crippen LogP contribution is -2.40. The molecular formula is C36H60N+. The summed E-state index contributed by atoms with van der Waals surface area (Å²) in [6.07, 6.45) is 33.8. The summed E-state index contributed by atoms with van der Waals surface area (Å²) in [7, 11) is 0. The van der Waals surface area contributed by atoms with Crippen molar-refractivity contribution in [3.05, 3.63) is 65.5 Å². The van der Waals surface area contributed by atoms with Gasteiger partial charge in [0.1, 0.15) is 0 Å². The number of aromatic nitrogens is 1. The molecule has 2 aromatic rings. The minimum Gasteiger partial charge on any atom is -0.198 e. The van der Waals surface area contributed by atoms with E-state index in [0.717, 1.165) is 6.42 Å². The molecule has 1 heterocycles. The summed E-state index contributed by atoms with van der Waals surface area (Å²) < 4.78 is 2.50. The second-order valence-electron chi connectivity index (χ2n) is 11.4. The summed E-state index contributed by atoms with van der Waals surface area (Å²) in [5.74, 6) is 0. The smallest absolute Gasteiger partial charge is 0.183 e. The maximum atomic E-state index is 2.51. The molecule has 208 valence electrons. The summed E-state index contributed by atoms with van der Waals surface area (Å²) in [6.45, 7) is 6.93. The molecule has 37 heavy (non-hydrogen) atoms. The average Bonchev–Trinajstić information content (AvgIpc) is 2.93. The van der Waals surface area contributed by atoms with Crippen molar-refractivity contribution in [2.75, 3.05) is 0 Å². The van der Waals surface area contributed by atoms with Crippen LogP contribution in [0.15, 0.2) is 48.8 Å². The molecule has 0 amide bonds. The Labute approximate surface area is 231 Å². The van der Waals surface area contributed by atoms with Crippen molar-refractivity contribution in [1.29, 1.82) is 0 Å². The Hall–Kier alpha value is -1.63. The van der Waals surface area contributed by atoms with Gasteiger partial charge in [-0.05, 0) is 31.2 Å². The van der Waals surface area contributed by atoms with Crippen LogP contribution in [0.25, 0.3) is 0 Å². The van der Waals surface area contributed by atoms with E-state index in [0.29, 0.717) is 6.04 Å². The SMILES string of the molecule is CCCCCCCCCCCc1cc[n+](C(CC)c2ccccc2)cc1CCCCCCCCCCC. The molecule has 1 heteroatoms. The fourth-order valence-electron chi connectivity index (χ4n) is 5.80. The third kappa shape index (κ3) is 13.6. The van der Waals surface area contributed by atoms with E-state index >= 15 is 0 Å². The van der Waals surface area contributed by atoms with Crippen LogP contribution in [-0.2, 0) is 12.8 Å². The van der Waals surface area contributed by atoms with E-state index in [9.17, 15) is 0 Å². The lowest BCUT2D eigenvalue weighted by atomic mass is 9.96. The minimum atomic E-state index is 0.435. The van der Waals surface area contributed by atoms with E-state index in [1.807, 2.05) is 0 Å². The van der Waals surface area contributed by atoms with Gasteiger partial charge in [-0.1, -0.05) is 154 Å². The van der Waals surface area contributed by atoms with Gasteiger partial charge in [0.15, 0.2) is 18.4 Å². The summed E-state index contributed by atoms with van der Waals surface area (Å²) in [4.78, 5) is 0. The van der Waals surface area contributed by atoms with Crippen LogP contribution < -0.4 is 4.57 Å². The number of pyridine rings is 1. The lowest BCUT2D eigenvalue weighted by Gasteiger charge is -2.14. The van der Waals surface area contributed by atoms with E-state index < -0.39 is 0 Å². The van der Waals surface area contributed by atoms with Gasteiger partial charge in [-0.15, -0.1) is 0 Å². The van der Waals surface area contributed by atoms with Crippen LogP contribution in [0.4, 0.5) is 0 Å². The Morgan fingerprint density at radius 1 is 0.514 bits per heavy atom. The van der Waals surface area contributed by atoms with Crippen molar-refractivity contribution in [2.45, 2.75) is 162 Å². The third-order valence-electron chi connectivity index (χ3n) is 8.20. The molecule has 0 aliphatic rings. The number of aryl methyl sites for hydroxylation is 2. The first-order chi connectivity index (χ1) is 18.3. The molecule has 0 bridgehead atoms. The van der Waals surface area contributed by atoms with Gasteiger partial charge in [-0.2, -0.15) is 4.57 Å². The van der Waals surface area contributed by atoms with E-state index in [1.165, 1.54) is 134 Å². The van der Waals surface area contributed by atoms with Gasteiger partial charge in [0.05, 0.1) is 0 Å². The molecule has 2 rings (SSSR count). The van der Waals surface area contributed by atoms with E-state index in [1.54, 1.807) is 11.1 Å². The molecule has 0 radical (unpaired) electrons. The van der Waals surface area contributed by atoms with E-state index in [2.05, 4.69) is 74.1 Å². The van der Waals surface area contributed by atoms with Gasteiger partial charge in [0.2, 0.25) is 0 Å². The van der Waals surface area contributed by atoms with Crippen molar-refractivity contribution >= 4 is 0 Å². The van der Waals surface area contributed by atoms with Crippen molar-refractivity contribution in [3.8, 4) is 0 Å². The molecule has 1 aromatic heterocycles. The second-order valence-corrected chi connectivity index (χ2v) is 11.4. The highest BCUT2D eigenvalue weighted by atomic mass is 15.0. The van der Waals surface area contributed by atoms with Crippen LogP contribution in [0.2, 0.25) is 0 Å². The number of hydrogen-bond acceptors (Lipinski definition) is 0. The molecular weight excluding hydrogens is 446 g/mol. The van der Waals surface area contributed by atoms with Gasteiger partial charge in [-0.25, -0.2) is 0 Å². The zero-order valence-electron chi connectivity index (χ0n) is 25.0. The first kappa shape index (κ1) is 31.6. The van der Waals surface area contributed by atoms with Crippen LogP contribution in [0.1, 0.15) is 165 Å². The molecule has 0 fully saturated rings. The molecule has 0 saturated carbocycles. The van der Waals surface area contributed by atoms with Gasteiger partial charge < -0.3 is 0 Å². The summed E-state index contributed by atoms with van der Waals surface area (Å²) in [6, 6.07) is 14.0. The van der Waals surface area contributed by atoms with Crippen molar-refractivity contribution in [3.63, 3.8) is 0 Å². The number of benzene rings is 1. The third-order valence-corrected chi connectivity index (χ3v) is 8.20. The lowest BCUT2D eigenvalue weighted by molar-refractivity contribution is -0.714. The zero-order chi connectivity index (χ0) is 26.4. The molecule has 0 aliphatic carbocycles. The summed E-state index contributed by atoms with van der Waals surface area (Å²) in [5.41, 5.74) is 4.65. The average molecular weight is 507 g/mol. The Balaban J connectivity index is 1.88. The quantitative estimate of drug-likeness (QED) is 0.104. The van der Waals surface area contributed by atoms with Gasteiger partial charge >= 0.3 is 0 Å². The maximum Gasteiger partial charge on any atom is 0.183 e. The van der Waals surface area contributed by atoms with E-state index in [-0.39, 0.29) is 0 Å². The zero-order valence-corrected chi connectivity index (χ0v) is 25.0. The largest absolute Gasteiger partial charge is 0.198 e. The fourth-order valence-corrected chi connectivity index (χ4v) is 5.80. The molecule has 1 atom stereocenters.